The molecule has 0 aliphatic rings. The number of anilines is 1. The lowest BCUT2D eigenvalue weighted by Crippen LogP contribution is -2.06. The van der Waals surface area contributed by atoms with Crippen molar-refractivity contribution in [1.82, 2.24) is 9.78 Å². The van der Waals surface area contributed by atoms with E-state index in [0.717, 1.165) is 17.8 Å². The van der Waals surface area contributed by atoms with Gasteiger partial charge in [0.1, 0.15) is 11.6 Å². The summed E-state index contributed by atoms with van der Waals surface area (Å²) in [5.41, 5.74) is 0.871. The molecule has 0 aliphatic carbocycles. The standard InChI is InChI=1S/C14H19N3O.ClH/c1-3-11(2)17-9-8-14(16-17)15-10-12-6-4-5-7-13(12)18;/h4-9,11,18H,3,10H2,1-2H3,(H,15,16);1H. The van der Waals surface area contributed by atoms with Crippen molar-refractivity contribution in [1.29, 1.82) is 0 Å². The van der Waals surface area contributed by atoms with Crippen molar-refractivity contribution in [2.45, 2.75) is 32.9 Å². The van der Waals surface area contributed by atoms with E-state index in [0.29, 0.717) is 18.3 Å². The molecular weight excluding hydrogens is 262 g/mol. The van der Waals surface area contributed by atoms with Crippen LogP contribution < -0.4 is 5.32 Å². The summed E-state index contributed by atoms with van der Waals surface area (Å²) in [5, 5.41) is 17.3. The predicted molar refractivity (Wildman–Crippen MR) is 79.9 cm³/mol. The van der Waals surface area contributed by atoms with Crippen molar-refractivity contribution in [3.8, 4) is 5.75 Å². The molecule has 1 aromatic carbocycles. The van der Waals surface area contributed by atoms with E-state index in [-0.39, 0.29) is 12.4 Å². The molecule has 0 aliphatic heterocycles. The van der Waals surface area contributed by atoms with Gasteiger partial charge < -0.3 is 10.4 Å². The van der Waals surface area contributed by atoms with Crippen LogP contribution in [-0.4, -0.2) is 14.9 Å². The van der Waals surface area contributed by atoms with Crippen molar-refractivity contribution in [3.05, 3.63) is 42.1 Å². The molecule has 2 N–H and O–H groups in total. The molecule has 2 aromatic rings. The average molecular weight is 282 g/mol. The molecule has 19 heavy (non-hydrogen) atoms. The number of nitrogens with one attached hydrogen (secondary N) is 1. The molecule has 0 bridgehead atoms. The second-order valence-electron chi connectivity index (χ2n) is 4.42. The normalized spacial score (nSPS) is 11.7. The van der Waals surface area contributed by atoms with Crippen LogP contribution in [0.5, 0.6) is 5.75 Å². The van der Waals surface area contributed by atoms with Gasteiger partial charge in [0.2, 0.25) is 0 Å². The molecule has 1 aromatic heterocycles. The summed E-state index contributed by atoms with van der Waals surface area (Å²) in [5.74, 6) is 1.14. The van der Waals surface area contributed by atoms with Crippen molar-refractivity contribution in [2.75, 3.05) is 5.32 Å². The highest BCUT2D eigenvalue weighted by atomic mass is 35.5. The molecule has 0 amide bonds. The van der Waals surface area contributed by atoms with Gasteiger partial charge >= 0.3 is 0 Å². The largest absolute Gasteiger partial charge is 0.508 e. The Morgan fingerprint density at radius 3 is 2.74 bits per heavy atom. The van der Waals surface area contributed by atoms with Crippen LogP contribution >= 0.6 is 12.4 Å². The highest BCUT2D eigenvalue weighted by Gasteiger charge is 2.05. The summed E-state index contributed by atoms with van der Waals surface area (Å²) in [7, 11) is 0. The first-order valence-electron chi connectivity index (χ1n) is 6.26. The van der Waals surface area contributed by atoms with Crippen LogP contribution in [0.1, 0.15) is 31.9 Å². The second-order valence-corrected chi connectivity index (χ2v) is 4.42. The summed E-state index contributed by atoms with van der Waals surface area (Å²) in [6.07, 6.45) is 3.03. The van der Waals surface area contributed by atoms with Gasteiger partial charge in [-0.3, -0.25) is 4.68 Å². The molecule has 0 radical (unpaired) electrons. The fourth-order valence-corrected chi connectivity index (χ4v) is 1.71. The minimum atomic E-state index is 0. The van der Waals surface area contributed by atoms with E-state index in [1.54, 1.807) is 6.07 Å². The number of benzene rings is 1. The van der Waals surface area contributed by atoms with Crippen LogP contribution in [0.25, 0.3) is 0 Å². The maximum Gasteiger partial charge on any atom is 0.148 e. The SMILES string of the molecule is CCC(C)n1ccc(NCc2ccccc2O)n1.Cl. The van der Waals surface area contributed by atoms with Gasteiger partial charge in [-0.05, 0) is 19.4 Å². The number of para-hydroxylation sites is 1. The van der Waals surface area contributed by atoms with E-state index in [1.807, 2.05) is 35.1 Å². The Bertz CT molecular complexity index is 513. The number of aromatic nitrogens is 2. The summed E-state index contributed by atoms with van der Waals surface area (Å²) >= 11 is 0. The average Bonchev–Trinajstić information content (AvgIpc) is 2.86. The molecular formula is C14H20ClN3O. The van der Waals surface area contributed by atoms with Crippen LogP contribution in [-0.2, 0) is 6.54 Å². The number of hydrogen-bond donors (Lipinski definition) is 2. The molecule has 0 spiro atoms. The third-order valence-electron chi connectivity index (χ3n) is 3.10. The maximum absolute atomic E-state index is 9.65. The topological polar surface area (TPSA) is 50.1 Å². The molecule has 4 nitrogen and oxygen atoms in total. The van der Waals surface area contributed by atoms with Gasteiger partial charge in [-0.25, -0.2) is 0 Å². The molecule has 0 saturated heterocycles. The lowest BCUT2D eigenvalue weighted by molar-refractivity contribution is 0.468. The van der Waals surface area contributed by atoms with E-state index >= 15 is 0 Å². The molecule has 5 heteroatoms. The first-order valence-corrected chi connectivity index (χ1v) is 6.26. The molecule has 1 atom stereocenters. The smallest absolute Gasteiger partial charge is 0.148 e. The van der Waals surface area contributed by atoms with Gasteiger partial charge in [0, 0.05) is 30.4 Å². The zero-order valence-corrected chi connectivity index (χ0v) is 12.0. The summed E-state index contributed by atoms with van der Waals surface area (Å²) in [6, 6.07) is 9.67. The van der Waals surface area contributed by atoms with E-state index in [9.17, 15) is 5.11 Å². The van der Waals surface area contributed by atoms with Gasteiger partial charge in [0.15, 0.2) is 0 Å². The van der Waals surface area contributed by atoms with Crippen molar-refractivity contribution < 1.29 is 5.11 Å². The number of phenols is 1. The fourth-order valence-electron chi connectivity index (χ4n) is 1.71. The van der Waals surface area contributed by atoms with Crippen LogP contribution in [0, 0.1) is 0 Å². The number of rotatable bonds is 5. The van der Waals surface area contributed by atoms with E-state index in [2.05, 4.69) is 24.3 Å². The zero-order chi connectivity index (χ0) is 13.0. The van der Waals surface area contributed by atoms with E-state index in [1.165, 1.54) is 0 Å². The zero-order valence-electron chi connectivity index (χ0n) is 11.2. The van der Waals surface area contributed by atoms with E-state index in [4.69, 9.17) is 0 Å². The Hall–Kier alpha value is -1.68. The van der Waals surface area contributed by atoms with Gasteiger partial charge in [-0.15, -0.1) is 12.4 Å². The molecule has 1 heterocycles. The number of nitrogens with zero attached hydrogens (tertiary/aromatic N) is 2. The maximum atomic E-state index is 9.65. The summed E-state index contributed by atoms with van der Waals surface area (Å²) in [6.45, 7) is 4.85. The summed E-state index contributed by atoms with van der Waals surface area (Å²) in [4.78, 5) is 0. The Morgan fingerprint density at radius 2 is 2.05 bits per heavy atom. The van der Waals surface area contributed by atoms with E-state index < -0.39 is 0 Å². The van der Waals surface area contributed by atoms with Crippen LogP contribution in [0.2, 0.25) is 0 Å². The van der Waals surface area contributed by atoms with Gasteiger partial charge in [0.25, 0.3) is 0 Å². The number of hydrogen-bond acceptors (Lipinski definition) is 3. The predicted octanol–water partition coefficient (Wildman–Crippen LogP) is 3.59. The minimum absolute atomic E-state index is 0. The molecule has 2 rings (SSSR count). The van der Waals surface area contributed by atoms with Gasteiger partial charge in [0.05, 0.1) is 0 Å². The van der Waals surface area contributed by atoms with Crippen molar-refractivity contribution in [2.24, 2.45) is 0 Å². The van der Waals surface area contributed by atoms with Crippen molar-refractivity contribution >= 4 is 18.2 Å². The Kier molecular flexibility index (Phi) is 5.70. The third-order valence-corrected chi connectivity index (χ3v) is 3.10. The minimum Gasteiger partial charge on any atom is -0.508 e. The first kappa shape index (κ1) is 15.4. The molecule has 0 fully saturated rings. The van der Waals surface area contributed by atoms with Crippen molar-refractivity contribution in [3.63, 3.8) is 0 Å². The van der Waals surface area contributed by atoms with Crippen LogP contribution in [0.15, 0.2) is 36.5 Å². The Morgan fingerprint density at radius 1 is 1.32 bits per heavy atom. The fraction of sp³-hybridized carbons (Fsp3) is 0.357. The lowest BCUT2D eigenvalue weighted by Gasteiger charge is -2.09. The van der Waals surface area contributed by atoms with Crippen LogP contribution in [0.4, 0.5) is 5.82 Å². The summed E-state index contributed by atoms with van der Waals surface area (Å²) < 4.78 is 1.95. The molecule has 0 saturated carbocycles. The number of halogens is 1. The number of aromatic hydroxyl groups is 1. The highest BCUT2D eigenvalue weighted by molar-refractivity contribution is 5.85. The van der Waals surface area contributed by atoms with Gasteiger partial charge in [-0.2, -0.15) is 5.10 Å². The molecule has 1 unspecified atom stereocenters. The Labute approximate surface area is 119 Å². The quantitative estimate of drug-likeness (QED) is 0.880. The molecule has 104 valence electrons. The highest BCUT2D eigenvalue weighted by Crippen LogP contribution is 2.17. The van der Waals surface area contributed by atoms with Gasteiger partial charge in [-0.1, -0.05) is 25.1 Å². The van der Waals surface area contributed by atoms with Crippen LogP contribution in [0.3, 0.4) is 0 Å². The lowest BCUT2D eigenvalue weighted by atomic mass is 10.2. The monoisotopic (exact) mass is 281 g/mol. The second kappa shape index (κ2) is 7.04. The number of phenolic OH excluding ortho intramolecular Hbond substituents is 1. The third kappa shape index (κ3) is 3.89. The first-order chi connectivity index (χ1) is 8.70. The Balaban J connectivity index is 0.00000180.